The highest BCUT2D eigenvalue weighted by molar-refractivity contribution is 6.40. The van der Waals surface area contributed by atoms with E-state index in [0.29, 0.717) is 16.6 Å². The van der Waals surface area contributed by atoms with Gasteiger partial charge in [0.2, 0.25) is 11.8 Å². The van der Waals surface area contributed by atoms with Crippen LogP contribution < -0.4 is 10.6 Å². The van der Waals surface area contributed by atoms with Crippen molar-refractivity contribution in [3.05, 3.63) is 83.9 Å². The number of amides is 3. The number of aromatic nitrogens is 1. The summed E-state index contributed by atoms with van der Waals surface area (Å²) in [6.07, 6.45) is 0. The number of rotatable bonds is 6. The Hall–Kier alpha value is -5.32. The molecule has 4 aromatic rings. The summed E-state index contributed by atoms with van der Waals surface area (Å²) in [6.45, 7) is 1.69. The van der Waals surface area contributed by atoms with E-state index in [9.17, 15) is 24.3 Å². The first kappa shape index (κ1) is 24.8. The highest BCUT2D eigenvalue weighted by atomic mass is 16.4. The number of anilines is 2. The number of carbonyl (C=O) groups excluding carboxylic acids is 3. The number of hydrogen-bond acceptors (Lipinski definition) is 6. The predicted octanol–water partition coefficient (Wildman–Crippen LogP) is 4.24. The van der Waals surface area contributed by atoms with Crippen LogP contribution in [0.2, 0.25) is 0 Å². The fourth-order valence-corrected chi connectivity index (χ4v) is 3.53. The number of nitrogens with one attached hydrogen (secondary N) is 2. The van der Waals surface area contributed by atoms with Crippen molar-refractivity contribution in [2.45, 2.75) is 13.5 Å². The normalized spacial score (nSPS) is 10.9. The zero-order chi connectivity index (χ0) is 26.5. The molecule has 0 fully saturated rings. The van der Waals surface area contributed by atoms with Crippen LogP contribution in [0.4, 0.5) is 17.1 Å². The molecule has 11 heteroatoms. The van der Waals surface area contributed by atoms with Crippen LogP contribution in [-0.4, -0.2) is 38.5 Å². The van der Waals surface area contributed by atoms with Gasteiger partial charge in [-0.2, -0.15) is 0 Å². The predicted molar refractivity (Wildman–Crippen MR) is 135 cm³/mol. The molecule has 11 nitrogen and oxygen atoms in total. The maximum Gasteiger partial charge on any atom is 0.353 e. The molecule has 0 aliphatic heterocycles. The number of para-hydroxylation sites is 1. The van der Waals surface area contributed by atoms with E-state index in [1.54, 1.807) is 36.4 Å². The number of carboxylic acids is 1. The smallest absolute Gasteiger partial charge is 0.353 e. The second-order valence-corrected chi connectivity index (χ2v) is 8.03. The Balaban J connectivity index is 1.51. The van der Waals surface area contributed by atoms with Gasteiger partial charge in [-0.25, -0.2) is 4.79 Å². The third kappa shape index (κ3) is 5.68. The third-order valence-corrected chi connectivity index (χ3v) is 5.38. The summed E-state index contributed by atoms with van der Waals surface area (Å²) < 4.78 is 1.32. The van der Waals surface area contributed by atoms with Crippen molar-refractivity contribution >= 4 is 51.7 Å². The molecule has 0 unspecified atom stereocenters. The SMILES string of the molecule is Cc1ccc(NC(=O)Cn2c(O)c(N=NC(=O)C(=O)Nc3ccc(C(=O)O)cc3)c3ccccc32)cc1. The molecule has 4 N–H and O–H groups in total. The number of azo groups is 1. The molecule has 1 heterocycles. The van der Waals surface area contributed by atoms with Gasteiger partial charge in [-0.05, 0) is 49.4 Å². The Kier molecular flexibility index (Phi) is 7.05. The zero-order valence-electron chi connectivity index (χ0n) is 19.5. The second-order valence-electron chi connectivity index (χ2n) is 8.03. The van der Waals surface area contributed by atoms with E-state index in [2.05, 4.69) is 20.9 Å². The number of carbonyl (C=O) groups is 4. The van der Waals surface area contributed by atoms with E-state index >= 15 is 0 Å². The maximum absolute atomic E-state index is 12.6. The number of nitrogens with zero attached hydrogens (tertiary/aromatic N) is 3. The van der Waals surface area contributed by atoms with Gasteiger partial charge in [-0.1, -0.05) is 35.9 Å². The van der Waals surface area contributed by atoms with E-state index in [1.165, 1.54) is 28.8 Å². The first-order valence-corrected chi connectivity index (χ1v) is 11.0. The van der Waals surface area contributed by atoms with Crippen molar-refractivity contribution in [1.29, 1.82) is 0 Å². The van der Waals surface area contributed by atoms with E-state index in [4.69, 9.17) is 5.11 Å². The molecule has 0 aliphatic rings. The summed E-state index contributed by atoms with van der Waals surface area (Å²) in [7, 11) is 0. The highest BCUT2D eigenvalue weighted by Crippen LogP contribution is 2.38. The number of fused-ring (bicyclic) bond motifs is 1. The summed E-state index contributed by atoms with van der Waals surface area (Å²) in [5, 5.41) is 32.4. The number of hydrogen-bond donors (Lipinski definition) is 4. The minimum absolute atomic E-state index is 0.0171. The fraction of sp³-hybridized carbons (Fsp3) is 0.0769. The molecule has 1 aromatic heterocycles. The van der Waals surface area contributed by atoms with Crippen molar-refractivity contribution < 1.29 is 29.4 Å². The van der Waals surface area contributed by atoms with Crippen molar-refractivity contribution in [2.24, 2.45) is 10.2 Å². The number of aryl methyl sites for hydroxylation is 1. The van der Waals surface area contributed by atoms with Crippen LogP contribution in [0.1, 0.15) is 15.9 Å². The molecule has 37 heavy (non-hydrogen) atoms. The lowest BCUT2D eigenvalue weighted by Crippen LogP contribution is -2.20. The number of aromatic hydroxyl groups is 1. The molecule has 0 saturated heterocycles. The average molecular weight is 499 g/mol. The number of aromatic carboxylic acids is 1. The third-order valence-electron chi connectivity index (χ3n) is 5.38. The van der Waals surface area contributed by atoms with Gasteiger partial charge in [0, 0.05) is 16.8 Å². The first-order valence-electron chi connectivity index (χ1n) is 11.0. The Morgan fingerprint density at radius 3 is 2.16 bits per heavy atom. The lowest BCUT2D eigenvalue weighted by Gasteiger charge is -2.08. The van der Waals surface area contributed by atoms with Crippen molar-refractivity contribution in [1.82, 2.24) is 4.57 Å². The van der Waals surface area contributed by atoms with Crippen LogP contribution in [0, 0.1) is 6.92 Å². The van der Waals surface area contributed by atoms with Gasteiger partial charge in [0.25, 0.3) is 0 Å². The molecular formula is C26H21N5O6. The molecule has 0 aliphatic carbocycles. The van der Waals surface area contributed by atoms with E-state index in [0.717, 1.165) is 5.56 Å². The monoisotopic (exact) mass is 499 g/mol. The lowest BCUT2D eigenvalue weighted by molar-refractivity contribution is -0.134. The van der Waals surface area contributed by atoms with E-state index in [1.807, 2.05) is 19.1 Å². The molecule has 0 bridgehead atoms. The molecular weight excluding hydrogens is 478 g/mol. The second kappa shape index (κ2) is 10.5. The Morgan fingerprint density at radius 1 is 0.865 bits per heavy atom. The molecule has 4 rings (SSSR count). The van der Waals surface area contributed by atoms with Gasteiger partial charge in [0.15, 0.2) is 5.69 Å². The van der Waals surface area contributed by atoms with Crippen LogP contribution in [0.5, 0.6) is 5.88 Å². The minimum atomic E-state index is -1.24. The van der Waals surface area contributed by atoms with Crippen molar-refractivity contribution in [3.8, 4) is 5.88 Å². The first-order chi connectivity index (χ1) is 17.7. The van der Waals surface area contributed by atoms with Crippen LogP contribution in [0.15, 0.2) is 83.0 Å². The molecule has 0 saturated carbocycles. The number of carboxylic acid groups (broad SMARTS) is 1. The standard InChI is InChI=1S/C26H21N5O6/c1-15-6-10-17(11-7-15)27-21(32)14-31-20-5-3-2-4-19(20)22(25(31)35)29-30-24(34)23(33)28-18-12-8-16(9-13-18)26(36)37/h2-13,35H,14H2,1H3,(H,27,32)(H,28,33)(H,36,37). The maximum atomic E-state index is 12.6. The van der Waals surface area contributed by atoms with Crippen LogP contribution in [0.3, 0.4) is 0 Å². The highest BCUT2D eigenvalue weighted by Gasteiger charge is 2.20. The van der Waals surface area contributed by atoms with Gasteiger partial charge in [0.1, 0.15) is 6.54 Å². The Labute approximate surface area is 210 Å². The molecule has 186 valence electrons. The summed E-state index contributed by atoms with van der Waals surface area (Å²) in [6, 6.07) is 19.1. The zero-order valence-corrected chi connectivity index (χ0v) is 19.5. The van der Waals surface area contributed by atoms with Gasteiger partial charge in [-0.15, -0.1) is 10.2 Å². The molecule has 0 spiro atoms. The lowest BCUT2D eigenvalue weighted by atomic mass is 10.2. The molecule has 0 atom stereocenters. The summed E-state index contributed by atoms with van der Waals surface area (Å²) in [4.78, 5) is 48.0. The van der Waals surface area contributed by atoms with E-state index in [-0.39, 0.29) is 23.5 Å². The summed E-state index contributed by atoms with van der Waals surface area (Å²) in [5.41, 5.74) is 2.25. The molecule has 3 amide bonds. The largest absolute Gasteiger partial charge is 0.493 e. The molecule has 0 radical (unpaired) electrons. The van der Waals surface area contributed by atoms with Crippen LogP contribution in [-0.2, 0) is 20.9 Å². The van der Waals surface area contributed by atoms with Gasteiger partial charge in [0.05, 0.1) is 11.1 Å². The minimum Gasteiger partial charge on any atom is -0.493 e. The Bertz CT molecular complexity index is 1540. The Morgan fingerprint density at radius 2 is 1.49 bits per heavy atom. The van der Waals surface area contributed by atoms with Gasteiger partial charge < -0.3 is 25.4 Å². The van der Waals surface area contributed by atoms with Crippen LogP contribution in [0.25, 0.3) is 10.9 Å². The summed E-state index contributed by atoms with van der Waals surface area (Å²) >= 11 is 0. The molecule has 3 aromatic carbocycles. The summed E-state index contributed by atoms with van der Waals surface area (Å²) in [5.74, 6) is -4.27. The quantitative estimate of drug-likeness (QED) is 0.229. The van der Waals surface area contributed by atoms with E-state index < -0.39 is 29.6 Å². The number of benzene rings is 3. The van der Waals surface area contributed by atoms with Crippen molar-refractivity contribution in [3.63, 3.8) is 0 Å². The topological polar surface area (TPSA) is 162 Å². The average Bonchev–Trinajstić information content (AvgIpc) is 3.14. The van der Waals surface area contributed by atoms with Crippen molar-refractivity contribution in [2.75, 3.05) is 10.6 Å². The van der Waals surface area contributed by atoms with Gasteiger partial charge >= 0.3 is 17.8 Å². The van der Waals surface area contributed by atoms with Crippen LogP contribution >= 0.6 is 0 Å². The van der Waals surface area contributed by atoms with Gasteiger partial charge in [-0.3, -0.25) is 14.4 Å². The fourth-order valence-electron chi connectivity index (χ4n) is 3.53.